The average molecular weight is 330 g/mol. The maximum atomic E-state index is 12.2. The number of thiazole rings is 1. The van der Waals surface area contributed by atoms with Gasteiger partial charge >= 0.3 is 5.97 Å². The molecule has 0 aliphatic carbocycles. The number of furan rings is 1. The lowest BCUT2D eigenvalue weighted by Gasteiger charge is -2.13. The highest BCUT2D eigenvalue weighted by Gasteiger charge is 2.22. The maximum Gasteiger partial charge on any atom is 0.326 e. The Labute approximate surface area is 135 Å². The average Bonchev–Trinajstić information content (AvgIpc) is 3.16. The molecule has 118 valence electrons. The minimum atomic E-state index is -0.951. The molecule has 1 aromatic carbocycles. The van der Waals surface area contributed by atoms with Crippen LogP contribution in [0.1, 0.15) is 29.7 Å². The molecule has 3 rings (SSSR count). The molecule has 1 N–H and O–H groups in total. The number of aliphatic carboxylic acids is 1. The van der Waals surface area contributed by atoms with Crippen molar-refractivity contribution in [1.82, 2.24) is 4.57 Å². The Hall–Kier alpha value is -2.67. The fourth-order valence-corrected chi connectivity index (χ4v) is 3.44. The highest BCUT2D eigenvalue weighted by molar-refractivity contribution is 7.16. The van der Waals surface area contributed by atoms with Crippen LogP contribution in [0.15, 0.2) is 52.3 Å². The largest absolute Gasteiger partial charge is 0.480 e. The molecule has 2 aromatic heterocycles. The highest BCUT2D eigenvalue weighted by atomic mass is 32.1. The molecular formula is C16H14N2O4S. The third-order valence-electron chi connectivity index (χ3n) is 3.48. The zero-order chi connectivity index (χ0) is 16.4. The number of para-hydroxylation sites is 1. The van der Waals surface area contributed by atoms with Gasteiger partial charge in [0.1, 0.15) is 12.3 Å². The second-order valence-corrected chi connectivity index (χ2v) is 5.92. The number of hydrogen-bond acceptors (Lipinski definition) is 4. The number of benzene rings is 1. The van der Waals surface area contributed by atoms with E-state index in [1.165, 1.54) is 29.9 Å². The number of carbonyl (C=O) groups excluding carboxylic acids is 1. The number of carbonyl (C=O) groups is 2. The fraction of sp³-hybridized carbons (Fsp3) is 0.188. The van der Waals surface area contributed by atoms with E-state index < -0.39 is 17.9 Å². The summed E-state index contributed by atoms with van der Waals surface area (Å²) < 4.78 is 7.38. The van der Waals surface area contributed by atoms with Crippen LogP contribution in [0.3, 0.4) is 0 Å². The molecule has 6 nitrogen and oxygen atoms in total. The number of carboxylic acids is 1. The standard InChI is InChI=1S/C16H14N2O4S/c1-2-11(15(20)21)18-12-5-3-4-6-13(12)23-16(18)17-14(19)10-7-8-22-9-10/h3-9,11H,2H2,1H3,(H,20,21). The molecule has 23 heavy (non-hydrogen) atoms. The monoisotopic (exact) mass is 330 g/mol. The molecule has 0 aliphatic heterocycles. The van der Waals surface area contributed by atoms with Crippen LogP contribution < -0.4 is 4.80 Å². The second kappa shape index (κ2) is 6.21. The van der Waals surface area contributed by atoms with Gasteiger partial charge in [-0.25, -0.2) is 4.79 Å². The van der Waals surface area contributed by atoms with Gasteiger partial charge in [0.05, 0.1) is 22.0 Å². The van der Waals surface area contributed by atoms with Gasteiger partial charge in [0.25, 0.3) is 5.91 Å². The van der Waals surface area contributed by atoms with Crippen LogP contribution in [0.5, 0.6) is 0 Å². The van der Waals surface area contributed by atoms with Gasteiger partial charge in [0, 0.05) is 0 Å². The Morgan fingerprint density at radius 3 is 2.78 bits per heavy atom. The summed E-state index contributed by atoms with van der Waals surface area (Å²) >= 11 is 1.29. The van der Waals surface area contributed by atoms with E-state index in [1.807, 2.05) is 24.3 Å². The summed E-state index contributed by atoms with van der Waals surface area (Å²) in [5, 5.41) is 9.49. The van der Waals surface area contributed by atoms with Crippen molar-refractivity contribution in [2.45, 2.75) is 19.4 Å². The van der Waals surface area contributed by atoms with Crippen molar-refractivity contribution in [1.29, 1.82) is 0 Å². The molecule has 3 aromatic rings. The normalized spacial score (nSPS) is 13.3. The maximum absolute atomic E-state index is 12.2. The molecule has 0 spiro atoms. The smallest absolute Gasteiger partial charge is 0.326 e. The Morgan fingerprint density at radius 2 is 2.13 bits per heavy atom. The third kappa shape index (κ3) is 2.83. The molecule has 1 atom stereocenters. The van der Waals surface area contributed by atoms with Crippen molar-refractivity contribution >= 4 is 33.4 Å². The summed E-state index contributed by atoms with van der Waals surface area (Å²) in [5.74, 6) is -1.41. The van der Waals surface area contributed by atoms with E-state index in [2.05, 4.69) is 4.99 Å². The van der Waals surface area contributed by atoms with Crippen molar-refractivity contribution in [3.8, 4) is 0 Å². The van der Waals surface area contributed by atoms with E-state index in [1.54, 1.807) is 11.5 Å². The molecular weight excluding hydrogens is 316 g/mol. The number of nitrogens with zero attached hydrogens (tertiary/aromatic N) is 2. The first kappa shape index (κ1) is 15.2. The van der Waals surface area contributed by atoms with Crippen molar-refractivity contribution in [2.24, 2.45) is 4.99 Å². The van der Waals surface area contributed by atoms with Gasteiger partial charge in [0.15, 0.2) is 4.80 Å². The topological polar surface area (TPSA) is 84.8 Å². The molecule has 1 unspecified atom stereocenters. The molecule has 1 amide bonds. The molecule has 0 aliphatic rings. The summed E-state index contributed by atoms with van der Waals surface area (Å²) in [6, 6.07) is 8.17. The van der Waals surface area contributed by atoms with Gasteiger partial charge in [0.2, 0.25) is 0 Å². The Bertz CT molecular complexity index is 921. The summed E-state index contributed by atoms with van der Waals surface area (Å²) in [6.45, 7) is 1.79. The molecule has 0 radical (unpaired) electrons. The third-order valence-corrected chi connectivity index (χ3v) is 4.52. The predicted octanol–water partition coefficient (Wildman–Crippen LogP) is 3.07. The fourth-order valence-electron chi connectivity index (χ4n) is 2.38. The highest BCUT2D eigenvalue weighted by Crippen LogP contribution is 2.22. The quantitative estimate of drug-likeness (QED) is 0.796. The first-order valence-electron chi connectivity index (χ1n) is 7.06. The number of fused-ring (bicyclic) bond motifs is 1. The predicted molar refractivity (Wildman–Crippen MR) is 85.4 cm³/mol. The second-order valence-electron chi connectivity index (χ2n) is 4.91. The van der Waals surface area contributed by atoms with Crippen LogP contribution in [0.25, 0.3) is 10.2 Å². The molecule has 0 saturated heterocycles. The van der Waals surface area contributed by atoms with Crippen LogP contribution in [0.2, 0.25) is 0 Å². The number of hydrogen-bond donors (Lipinski definition) is 1. The first-order chi connectivity index (χ1) is 11.1. The van der Waals surface area contributed by atoms with E-state index in [9.17, 15) is 14.7 Å². The summed E-state index contributed by atoms with van der Waals surface area (Å²) in [5.41, 5.74) is 1.09. The van der Waals surface area contributed by atoms with Gasteiger partial charge in [-0.1, -0.05) is 30.4 Å². The van der Waals surface area contributed by atoms with Gasteiger partial charge in [-0.05, 0) is 24.6 Å². The van der Waals surface area contributed by atoms with Crippen LogP contribution in [0, 0.1) is 0 Å². The van der Waals surface area contributed by atoms with Gasteiger partial charge in [-0.3, -0.25) is 4.79 Å². The number of amides is 1. The van der Waals surface area contributed by atoms with E-state index in [4.69, 9.17) is 4.42 Å². The van der Waals surface area contributed by atoms with Crippen LogP contribution in [-0.4, -0.2) is 21.6 Å². The van der Waals surface area contributed by atoms with Crippen LogP contribution in [0.4, 0.5) is 0 Å². The van der Waals surface area contributed by atoms with Crippen molar-refractivity contribution < 1.29 is 19.1 Å². The lowest BCUT2D eigenvalue weighted by atomic mass is 10.2. The van der Waals surface area contributed by atoms with E-state index in [0.717, 1.165) is 10.2 Å². The molecule has 0 bridgehead atoms. The van der Waals surface area contributed by atoms with E-state index in [-0.39, 0.29) is 0 Å². The Morgan fingerprint density at radius 1 is 1.35 bits per heavy atom. The van der Waals surface area contributed by atoms with Gasteiger partial charge in [-0.15, -0.1) is 0 Å². The molecule has 2 heterocycles. The molecule has 0 saturated carbocycles. The lowest BCUT2D eigenvalue weighted by Crippen LogP contribution is -2.27. The SMILES string of the molecule is CCC(C(=O)O)n1c(=NC(=O)c2ccoc2)sc2ccccc21. The zero-order valence-electron chi connectivity index (χ0n) is 12.3. The van der Waals surface area contributed by atoms with Crippen molar-refractivity contribution in [2.75, 3.05) is 0 Å². The minimum Gasteiger partial charge on any atom is -0.480 e. The zero-order valence-corrected chi connectivity index (χ0v) is 13.1. The minimum absolute atomic E-state index is 0.331. The van der Waals surface area contributed by atoms with Crippen LogP contribution in [-0.2, 0) is 4.79 Å². The van der Waals surface area contributed by atoms with Crippen LogP contribution >= 0.6 is 11.3 Å². The van der Waals surface area contributed by atoms with Gasteiger partial charge < -0.3 is 14.1 Å². The van der Waals surface area contributed by atoms with E-state index >= 15 is 0 Å². The number of carboxylic acid groups (broad SMARTS) is 1. The summed E-state index contributed by atoms with van der Waals surface area (Å²) in [6.07, 6.45) is 3.11. The van der Waals surface area contributed by atoms with Gasteiger partial charge in [-0.2, -0.15) is 4.99 Å². The van der Waals surface area contributed by atoms with Crippen molar-refractivity contribution in [3.63, 3.8) is 0 Å². The van der Waals surface area contributed by atoms with Crippen molar-refractivity contribution in [3.05, 3.63) is 53.2 Å². The molecule has 0 fully saturated rings. The first-order valence-corrected chi connectivity index (χ1v) is 7.87. The molecule has 7 heteroatoms. The lowest BCUT2D eigenvalue weighted by molar-refractivity contribution is -0.140. The number of aromatic nitrogens is 1. The summed E-state index contributed by atoms with van der Waals surface area (Å²) in [4.78, 5) is 28.3. The Kier molecular flexibility index (Phi) is 4.12. The summed E-state index contributed by atoms with van der Waals surface area (Å²) in [7, 11) is 0. The Balaban J connectivity index is 2.24. The number of rotatable bonds is 4. The van der Waals surface area contributed by atoms with E-state index in [0.29, 0.717) is 16.8 Å².